The van der Waals surface area contributed by atoms with E-state index >= 15 is 0 Å². The molecule has 1 aromatic heterocycles. The summed E-state index contributed by atoms with van der Waals surface area (Å²) >= 11 is 0.770. The van der Waals surface area contributed by atoms with Gasteiger partial charge < -0.3 is 9.73 Å². The molecule has 0 saturated heterocycles. The molecule has 0 saturated carbocycles. The van der Waals surface area contributed by atoms with Crippen molar-refractivity contribution in [2.24, 2.45) is 9.98 Å². The van der Waals surface area contributed by atoms with Gasteiger partial charge in [0.05, 0.1) is 17.7 Å². The van der Waals surface area contributed by atoms with Crippen LogP contribution in [0.4, 0.5) is 14.5 Å². The van der Waals surface area contributed by atoms with Crippen LogP contribution in [0.2, 0.25) is 0 Å². The zero-order valence-electron chi connectivity index (χ0n) is 14.4. The van der Waals surface area contributed by atoms with Crippen molar-refractivity contribution in [3.05, 3.63) is 54.0 Å². The van der Waals surface area contributed by atoms with Crippen molar-refractivity contribution in [1.82, 2.24) is 5.32 Å². The Bertz CT molecular complexity index is 1070. The van der Waals surface area contributed by atoms with Gasteiger partial charge in [-0.1, -0.05) is 11.8 Å². The Morgan fingerprint density at radius 2 is 2.10 bits per heavy atom. The van der Waals surface area contributed by atoms with Gasteiger partial charge in [-0.15, -0.1) is 0 Å². The number of hydrogen-bond donors (Lipinski definition) is 3. The number of hydrogen-bond acceptors (Lipinski definition) is 6. The van der Waals surface area contributed by atoms with Gasteiger partial charge in [0, 0.05) is 6.07 Å². The lowest BCUT2D eigenvalue weighted by molar-refractivity contribution is -0.114. The fraction of sp³-hybridized carbons (Fsp3) is 0.0588. The van der Waals surface area contributed by atoms with Crippen molar-refractivity contribution in [1.29, 1.82) is 5.41 Å². The average molecular weight is 419 g/mol. The third-order valence-electron chi connectivity index (χ3n) is 3.36. The predicted molar refractivity (Wildman–Crippen MR) is 101 cm³/mol. The molecule has 2 aromatic rings. The van der Waals surface area contributed by atoms with Gasteiger partial charge >= 0.3 is 5.91 Å². The maximum absolute atomic E-state index is 13.5. The van der Waals surface area contributed by atoms with Crippen LogP contribution in [0.25, 0.3) is 0 Å². The predicted octanol–water partition coefficient (Wildman–Crippen LogP) is 1.97. The van der Waals surface area contributed by atoms with Gasteiger partial charge in [0.15, 0.2) is 22.5 Å². The van der Waals surface area contributed by atoms with Crippen molar-refractivity contribution >= 4 is 51.9 Å². The first-order valence-electron chi connectivity index (χ1n) is 7.86. The third-order valence-corrected chi connectivity index (χ3v) is 4.24. The second-order valence-corrected chi connectivity index (χ2v) is 6.39. The highest BCUT2D eigenvalue weighted by Crippen LogP contribution is 2.16. The van der Waals surface area contributed by atoms with Crippen LogP contribution >= 0.6 is 11.8 Å². The Hall–Kier alpha value is -3.67. The Labute approximate surface area is 165 Å². The van der Waals surface area contributed by atoms with Gasteiger partial charge in [0.25, 0.3) is 5.91 Å². The molecule has 0 aliphatic carbocycles. The lowest BCUT2D eigenvalue weighted by Crippen LogP contribution is -2.43. The van der Waals surface area contributed by atoms with E-state index in [4.69, 9.17) is 9.83 Å². The zero-order valence-corrected chi connectivity index (χ0v) is 15.2. The minimum Gasteiger partial charge on any atom is -0.459 e. The van der Waals surface area contributed by atoms with E-state index in [-0.39, 0.29) is 22.4 Å². The number of amidine groups is 2. The lowest BCUT2D eigenvalue weighted by Gasteiger charge is -2.14. The van der Waals surface area contributed by atoms with Crippen LogP contribution in [0.5, 0.6) is 0 Å². The molecule has 0 atom stereocenters. The fourth-order valence-corrected chi connectivity index (χ4v) is 2.75. The van der Waals surface area contributed by atoms with Gasteiger partial charge in [-0.05, 0) is 24.3 Å². The summed E-state index contributed by atoms with van der Waals surface area (Å²) in [5.74, 6) is -5.01. The van der Waals surface area contributed by atoms with Crippen LogP contribution in [0, 0.1) is 17.0 Å². The fourth-order valence-electron chi connectivity index (χ4n) is 2.09. The smallest absolute Gasteiger partial charge is 0.313 e. The molecule has 3 rings (SSSR count). The van der Waals surface area contributed by atoms with E-state index in [1.807, 2.05) is 0 Å². The molecule has 3 N–H and O–H groups in total. The number of carbonyl (C=O) groups is 3. The number of benzene rings is 1. The molecule has 0 spiro atoms. The normalized spacial score (nSPS) is 15.1. The minimum absolute atomic E-state index is 0.0703. The summed E-state index contributed by atoms with van der Waals surface area (Å²) in [6, 6.07) is 5.50. The maximum atomic E-state index is 13.5. The van der Waals surface area contributed by atoms with Crippen molar-refractivity contribution in [3.63, 3.8) is 0 Å². The number of rotatable bonds is 4. The van der Waals surface area contributed by atoms with Crippen molar-refractivity contribution < 1.29 is 27.6 Å². The molecule has 3 amide bonds. The monoisotopic (exact) mass is 419 g/mol. The summed E-state index contributed by atoms with van der Waals surface area (Å²) < 4.78 is 31.3. The van der Waals surface area contributed by atoms with Gasteiger partial charge in [-0.25, -0.2) is 13.8 Å². The highest BCUT2D eigenvalue weighted by Gasteiger charge is 2.26. The second-order valence-electron chi connectivity index (χ2n) is 5.42. The molecule has 29 heavy (non-hydrogen) atoms. The first-order chi connectivity index (χ1) is 13.8. The zero-order chi connectivity index (χ0) is 21.0. The highest BCUT2D eigenvalue weighted by atomic mass is 32.2. The number of furan rings is 1. The van der Waals surface area contributed by atoms with Gasteiger partial charge in [0.1, 0.15) is 11.6 Å². The van der Waals surface area contributed by atoms with Gasteiger partial charge in [-0.3, -0.25) is 25.1 Å². The standard InChI is InChI=1S/C17H11F2N5O4S/c18-8-3-4-10(9(19)6-8)21-12(25)7-29-17-23-14(20)13(16(27)24-17)22-15(26)11-2-1-5-28-11/h1-6H,7H2,(H,21,25)(H2,20,23,24,27). The SMILES string of the molecule is N=C1N=C(SCC(=O)Nc2ccc(F)cc2F)NC(=O)C1=NC(=O)c1ccco1. The number of carbonyl (C=O) groups excluding carboxylic acids is 3. The Balaban J connectivity index is 1.61. The van der Waals surface area contributed by atoms with Crippen molar-refractivity contribution in [3.8, 4) is 0 Å². The molecule has 0 fully saturated rings. The van der Waals surface area contributed by atoms with E-state index in [2.05, 4.69) is 20.6 Å². The number of thioether (sulfide) groups is 1. The number of nitrogens with zero attached hydrogens (tertiary/aromatic N) is 2. The summed E-state index contributed by atoms with van der Waals surface area (Å²) in [5.41, 5.74) is -0.709. The molecule has 0 radical (unpaired) electrons. The summed E-state index contributed by atoms with van der Waals surface area (Å²) in [6.07, 6.45) is 1.26. The van der Waals surface area contributed by atoms with Crippen LogP contribution in [-0.4, -0.2) is 40.2 Å². The number of anilines is 1. The molecule has 148 valence electrons. The van der Waals surface area contributed by atoms with E-state index in [1.54, 1.807) is 0 Å². The molecule has 1 aliphatic rings. The second kappa shape index (κ2) is 8.56. The van der Waals surface area contributed by atoms with Crippen LogP contribution in [0.1, 0.15) is 10.6 Å². The van der Waals surface area contributed by atoms with E-state index in [0.717, 1.165) is 23.9 Å². The largest absolute Gasteiger partial charge is 0.459 e. The summed E-state index contributed by atoms with van der Waals surface area (Å²) in [7, 11) is 0. The Morgan fingerprint density at radius 1 is 1.31 bits per heavy atom. The summed E-state index contributed by atoms with van der Waals surface area (Å²) in [5, 5.41) is 12.3. The Kier molecular flexibility index (Phi) is 5.93. The molecule has 12 heteroatoms. The first kappa shape index (κ1) is 20.1. The third kappa shape index (κ3) is 4.99. The minimum atomic E-state index is -0.935. The number of nitrogens with one attached hydrogen (secondary N) is 3. The van der Waals surface area contributed by atoms with Crippen LogP contribution < -0.4 is 10.6 Å². The Morgan fingerprint density at radius 3 is 2.76 bits per heavy atom. The lowest BCUT2D eigenvalue weighted by atomic mass is 10.3. The van der Waals surface area contributed by atoms with Gasteiger partial charge in [-0.2, -0.15) is 4.99 Å². The molecular weight excluding hydrogens is 408 g/mol. The van der Waals surface area contributed by atoms with E-state index in [1.165, 1.54) is 18.4 Å². The number of halogens is 2. The average Bonchev–Trinajstić information content (AvgIpc) is 3.20. The van der Waals surface area contributed by atoms with Crippen molar-refractivity contribution in [2.45, 2.75) is 0 Å². The molecule has 9 nitrogen and oxygen atoms in total. The molecule has 0 bridgehead atoms. The number of aliphatic imine (C=N–C) groups is 2. The van der Waals surface area contributed by atoms with Gasteiger partial charge in [0.2, 0.25) is 5.91 Å². The summed E-state index contributed by atoms with van der Waals surface area (Å²) in [6.45, 7) is 0. The molecule has 2 heterocycles. The summed E-state index contributed by atoms with van der Waals surface area (Å²) in [4.78, 5) is 43.1. The molecular formula is C17H11F2N5O4S. The van der Waals surface area contributed by atoms with Crippen LogP contribution in [0.15, 0.2) is 51.0 Å². The number of amides is 3. The quantitative estimate of drug-likeness (QED) is 0.696. The van der Waals surface area contributed by atoms with Crippen molar-refractivity contribution in [2.75, 3.05) is 11.1 Å². The maximum Gasteiger partial charge on any atom is 0.313 e. The van der Waals surface area contributed by atoms with E-state index in [9.17, 15) is 23.2 Å². The molecule has 1 aromatic carbocycles. The van der Waals surface area contributed by atoms with E-state index in [0.29, 0.717) is 6.07 Å². The van der Waals surface area contributed by atoms with E-state index < -0.39 is 40.9 Å². The highest BCUT2D eigenvalue weighted by molar-refractivity contribution is 8.14. The van der Waals surface area contributed by atoms with Crippen LogP contribution in [0.3, 0.4) is 0 Å². The topological polar surface area (TPSA) is 137 Å². The first-order valence-corrected chi connectivity index (χ1v) is 8.85. The molecule has 1 aliphatic heterocycles. The van der Waals surface area contributed by atoms with Crippen LogP contribution in [-0.2, 0) is 9.59 Å². The molecule has 0 unspecified atom stereocenters.